The number of nitrogens with two attached hydrogens (primary N) is 1. The van der Waals surface area contributed by atoms with Gasteiger partial charge in [0.15, 0.2) is 5.16 Å². The number of hydrogen-bond donors (Lipinski definition) is 1. The summed E-state index contributed by atoms with van der Waals surface area (Å²) in [5.41, 5.74) is 6.10. The van der Waals surface area contributed by atoms with Crippen LogP contribution in [-0.2, 0) is 7.05 Å². The lowest BCUT2D eigenvalue weighted by atomic mass is 10.2. The molecule has 2 N–H and O–H groups in total. The molecule has 2 atom stereocenters. The van der Waals surface area contributed by atoms with Crippen molar-refractivity contribution in [2.45, 2.75) is 30.3 Å². The number of thioether (sulfide) groups is 1. The smallest absolute Gasteiger partial charge is 0.191 e. The fourth-order valence-corrected chi connectivity index (χ4v) is 4.36. The van der Waals surface area contributed by atoms with Crippen molar-refractivity contribution >= 4 is 39.0 Å². The lowest BCUT2D eigenvalue weighted by Crippen LogP contribution is -2.22. The van der Waals surface area contributed by atoms with Gasteiger partial charge in [0.25, 0.3) is 0 Å². The summed E-state index contributed by atoms with van der Waals surface area (Å²) in [6.07, 6.45) is 0. The third-order valence-corrected chi connectivity index (χ3v) is 6.06. The summed E-state index contributed by atoms with van der Waals surface area (Å²) >= 11 is 6.86. The summed E-state index contributed by atoms with van der Waals surface area (Å²) in [5, 5.41) is 11.4. The van der Waals surface area contributed by atoms with Gasteiger partial charge in [0.05, 0.1) is 5.25 Å². The molecule has 0 spiro atoms. The van der Waals surface area contributed by atoms with Crippen molar-refractivity contribution in [2.24, 2.45) is 12.8 Å². The maximum Gasteiger partial charge on any atom is 0.191 e. The Kier molecular flexibility index (Phi) is 4.47. The van der Waals surface area contributed by atoms with Gasteiger partial charge in [0.1, 0.15) is 5.82 Å². The fourth-order valence-electron chi connectivity index (χ4n) is 1.51. The molecule has 0 radical (unpaired) electrons. The van der Waals surface area contributed by atoms with E-state index in [4.69, 9.17) is 5.73 Å². The Balaban J connectivity index is 2.24. The van der Waals surface area contributed by atoms with Crippen LogP contribution in [0.1, 0.15) is 22.9 Å². The first kappa shape index (κ1) is 14.0. The second-order valence-electron chi connectivity index (χ2n) is 4.15. The van der Waals surface area contributed by atoms with Gasteiger partial charge in [-0.05, 0) is 35.8 Å². The number of nitrogens with zero attached hydrogens (tertiary/aromatic N) is 3. The molecular formula is C11H15BrN4S2. The van der Waals surface area contributed by atoms with Gasteiger partial charge in [-0.2, -0.15) is 0 Å². The van der Waals surface area contributed by atoms with Crippen molar-refractivity contribution in [2.75, 3.05) is 0 Å². The molecule has 2 aromatic heterocycles. The molecule has 0 aromatic carbocycles. The Bertz CT molecular complexity index is 535. The predicted molar refractivity (Wildman–Crippen MR) is 80.0 cm³/mol. The SMILES string of the molecule is Cc1nnc(SC(c2cc(Br)cs2)C(C)N)n1C. The Morgan fingerprint density at radius 1 is 1.50 bits per heavy atom. The van der Waals surface area contributed by atoms with Crippen LogP contribution in [0.25, 0.3) is 0 Å². The zero-order valence-corrected chi connectivity index (χ0v) is 13.6. The highest BCUT2D eigenvalue weighted by Gasteiger charge is 2.22. The van der Waals surface area contributed by atoms with Crippen LogP contribution >= 0.6 is 39.0 Å². The van der Waals surface area contributed by atoms with Gasteiger partial charge >= 0.3 is 0 Å². The van der Waals surface area contributed by atoms with Gasteiger partial charge in [0.2, 0.25) is 0 Å². The van der Waals surface area contributed by atoms with Crippen molar-refractivity contribution in [1.82, 2.24) is 14.8 Å². The average molecular weight is 347 g/mol. The third kappa shape index (κ3) is 2.96. The molecule has 0 saturated heterocycles. The summed E-state index contributed by atoms with van der Waals surface area (Å²) in [4.78, 5) is 1.25. The standard InChI is InChI=1S/C11H15BrN4S2/c1-6(13)10(9-4-8(12)5-17-9)18-11-15-14-7(2)16(11)3/h4-6,10H,13H2,1-3H3. The topological polar surface area (TPSA) is 56.7 Å². The van der Waals surface area contributed by atoms with Gasteiger partial charge in [-0.15, -0.1) is 21.5 Å². The van der Waals surface area contributed by atoms with Crippen molar-refractivity contribution < 1.29 is 0 Å². The predicted octanol–water partition coefficient (Wildman–Crippen LogP) is 3.13. The molecule has 4 nitrogen and oxygen atoms in total. The van der Waals surface area contributed by atoms with E-state index in [1.54, 1.807) is 23.1 Å². The van der Waals surface area contributed by atoms with E-state index in [0.29, 0.717) is 0 Å². The molecule has 0 aliphatic heterocycles. The van der Waals surface area contributed by atoms with Crippen LogP contribution in [0, 0.1) is 6.92 Å². The maximum absolute atomic E-state index is 6.10. The van der Waals surface area contributed by atoms with Gasteiger partial charge < -0.3 is 10.3 Å². The molecule has 2 aromatic rings. The van der Waals surface area contributed by atoms with Crippen LogP contribution in [0.2, 0.25) is 0 Å². The van der Waals surface area contributed by atoms with Gasteiger partial charge in [0, 0.05) is 27.8 Å². The zero-order chi connectivity index (χ0) is 13.3. The molecule has 0 saturated carbocycles. The molecular weight excluding hydrogens is 332 g/mol. The van der Waals surface area contributed by atoms with Crippen LogP contribution in [0.4, 0.5) is 0 Å². The number of rotatable bonds is 4. The van der Waals surface area contributed by atoms with Crippen molar-refractivity contribution in [3.8, 4) is 0 Å². The van der Waals surface area contributed by atoms with E-state index in [2.05, 4.69) is 37.6 Å². The van der Waals surface area contributed by atoms with Gasteiger partial charge in [-0.1, -0.05) is 11.8 Å². The summed E-state index contributed by atoms with van der Waals surface area (Å²) in [5.74, 6) is 0.910. The van der Waals surface area contributed by atoms with Crippen LogP contribution < -0.4 is 5.73 Å². The highest BCUT2D eigenvalue weighted by molar-refractivity contribution is 9.10. The summed E-state index contributed by atoms with van der Waals surface area (Å²) in [7, 11) is 1.97. The second-order valence-corrected chi connectivity index (χ2v) is 7.12. The first-order valence-electron chi connectivity index (χ1n) is 5.51. The highest BCUT2D eigenvalue weighted by Crippen LogP contribution is 2.39. The fraction of sp³-hybridized carbons (Fsp3) is 0.455. The number of aryl methyl sites for hydroxylation is 1. The van der Waals surface area contributed by atoms with Crippen LogP contribution in [0.15, 0.2) is 21.1 Å². The van der Waals surface area contributed by atoms with E-state index in [-0.39, 0.29) is 11.3 Å². The lowest BCUT2D eigenvalue weighted by Gasteiger charge is -2.18. The molecule has 0 aliphatic carbocycles. The molecule has 0 fully saturated rings. The number of halogens is 1. The molecule has 7 heteroatoms. The largest absolute Gasteiger partial charge is 0.327 e. The molecule has 2 rings (SSSR count). The molecule has 0 bridgehead atoms. The average Bonchev–Trinajstić information content (AvgIpc) is 2.85. The molecule has 98 valence electrons. The monoisotopic (exact) mass is 346 g/mol. The first-order valence-corrected chi connectivity index (χ1v) is 8.06. The molecule has 2 heterocycles. The number of hydrogen-bond acceptors (Lipinski definition) is 5. The third-order valence-electron chi connectivity index (χ3n) is 2.63. The lowest BCUT2D eigenvalue weighted by molar-refractivity contribution is 0.713. The minimum Gasteiger partial charge on any atom is -0.327 e. The minimum atomic E-state index is 0.0533. The van der Waals surface area contributed by atoms with Crippen molar-refractivity contribution in [3.05, 3.63) is 26.6 Å². The Morgan fingerprint density at radius 3 is 2.67 bits per heavy atom. The van der Waals surface area contributed by atoms with E-state index >= 15 is 0 Å². The van der Waals surface area contributed by atoms with E-state index < -0.39 is 0 Å². The zero-order valence-electron chi connectivity index (χ0n) is 10.4. The number of thiophene rings is 1. The Hall–Kier alpha value is -0.370. The van der Waals surface area contributed by atoms with Crippen molar-refractivity contribution in [1.29, 1.82) is 0 Å². The summed E-state index contributed by atoms with van der Waals surface area (Å²) < 4.78 is 3.09. The van der Waals surface area contributed by atoms with E-state index in [9.17, 15) is 0 Å². The molecule has 18 heavy (non-hydrogen) atoms. The molecule has 2 unspecified atom stereocenters. The molecule has 0 amide bonds. The number of aromatic nitrogens is 3. The minimum absolute atomic E-state index is 0.0533. The first-order chi connectivity index (χ1) is 8.49. The summed E-state index contributed by atoms with van der Waals surface area (Å²) in [6, 6.07) is 2.17. The Labute approximate surface area is 123 Å². The summed E-state index contributed by atoms with van der Waals surface area (Å²) in [6.45, 7) is 3.97. The van der Waals surface area contributed by atoms with Gasteiger partial charge in [-0.3, -0.25) is 0 Å². The maximum atomic E-state index is 6.10. The van der Waals surface area contributed by atoms with Crippen LogP contribution in [0.5, 0.6) is 0 Å². The van der Waals surface area contributed by atoms with E-state index in [1.165, 1.54) is 4.88 Å². The van der Waals surface area contributed by atoms with Crippen LogP contribution in [-0.4, -0.2) is 20.8 Å². The van der Waals surface area contributed by atoms with E-state index in [0.717, 1.165) is 15.5 Å². The van der Waals surface area contributed by atoms with Gasteiger partial charge in [-0.25, -0.2) is 0 Å². The second kappa shape index (κ2) is 5.73. The Morgan fingerprint density at radius 2 is 2.22 bits per heavy atom. The van der Waals surface area contributed by atoms with Crippen LogP contribution in [0.3, 0.4) is 0 Å². The molecule has 0 aliphatic rings. The van der Waals surface area contributed by atoms with E-state index in [1.807, 2.05) is 25.5 Å². The normalized spacial score (nSPS) is 14.7. The quantitative estimate of drug-likeness (QED) is 0.864. The highest BCUT2D eigenvalue weighted by atomic mass is 79.9. The van der Waals surface area contributed by atoms with Crippen molar-refractivity contribution in [3.63, 3.8) is 0 Å².